The summed E-state index contributed by atoms with van der Waals surface area (Å²) in [6.07, 6.45) is 1.82. The fraction of sp³-hybridized carbons (Fsp3) is 0.353. The molecule has 0 radical (unpaired) electrons. The lowest BCUT2D eigenvalue weighted by molar-refractivity contribution is 0.212. The van der Waals surface area contributed by atoms with E-state index in [0.29, 0.717) is 5.92 Å². The lowest BCUT2D eigenvalue weighted by Crippen LogP contribution is -2.21. The van der Waals surface area contributed by atoms with E-state index < -0.39 is 0 Å². The van der Waals surface area contributed by atoms with Crippen LogP contribution in [-0.4, -0.2) is 30.1 Å². The smallest absolute Gasteiger partial charge is 0.118 e. The largest absolute Gasteiger partial charge is 0.497 e. The molecule has 1 atom stereocenters. The van der Waals surface area contributed by atoms with E-state index in [2.05, 4.69) is 22.3 Å². The van der Waals surface area contributed by atoms with E-state index >= 15 is 0 Å². The van der Waals surface area contributed by atoms with Gasteiger partial charge in [-0.1, -0.05) is 12.1 Å². The summed E-state index contributed by atoms with van der Waals surface area (Å²) in [4.78, 5) is 4.99. The van der Waals surface area contributed by atoms with Crippen molar-refractivity contribution in [2.45, 2.75) is 19.8 Å². The highest BCUT2D eigenvalue weighted by Gasteiger charge is 2.23. The first-order valence-electron chi connectivity index (χ1n) is 7.32. The van der Waals surface area contributed by atoms with Crippen molar-refractivity contribution in [3.8, 4) is 17.0 Å². The highest BCUT2D eigenvalue weighted by Crippen LogP contribution is 2.28. The van der Waals surface area contributed by atoms with Crippen molar-refractivity contribution in [2.75, 3.05) is 14.2 Å². The van der Waals surface area contributed by atoms with E-state index in [1.807, 2.05) is 30.3 Å². The maximum absolute atomic E-state index is 5.18. The monoisotopic (exact) mass is 297 g/mol. The van der Waals surface area contributed by atoms with Crippen LogP contribution in [0.5, 0.6) is 5.75 Å². The molecule has 2 aromatic rings. The summed E-state index contributed by atoms with van der Waals surface area (Å²) < 4.78 is 5.18. The first kappa shape index (κ1) is 14.5. The van der Waals surface area contributed by atoms with Crippen molar-refractivity contribution in [1.29, 1.82) is 0 Å². The molecule has 5 heteroatoms. The molecule has 0 saturated heterocycles. The summed E-state index contributed by atoms with van der Waals surface area (Å²) in [5, 5.41) is 12.9. The van der Waals surface area contributed by atoms with Crippen LogP contribution in [0.25, 0.3) is 11.3 Å². The molecular weight excluding hydrogens is 278 g/mol. The quantitative estimate of drug-likeness (QED) is 0.817. The number of methoxy groups -OCH3 is 1. The van der Waals surface area contributed by atoms with E-state index in [-0.39, 0.29) is 0 Å². The Bertz CT molecular complexity index is 696. The fourth-order valence-corrected chi connectivity index (χ4v) is 2.76. The molecule has 0 N–H and O–H groups in total. The maximum Gasteiger partial charge on any atom is 0.118 e. The van der Waals surface area contributed by atoms with Gasteiger partial charge in [0.15, 0.2) is 0 Å². The zero-order chi connectivity index (χ0) is 15.5. The Kier molecular flexibility index (Phi) is 4.04. The third kappa shape index (κ3) is 2.79. The number of oxime groups is 1. The van der Waals surface area contributed by atoms with Gasteiger partial charge in [0.2, 0.25) is 0 Å². The Labute approximate surface area is 130 Å². The predicted octanol–water partition coefficient (Wildman–Crippen LogP) is 3.09. The van der Waals surface area contributed by atoms with E-state index in [1.54, 1.807) is 14.2 Å². The number of fused-ring (bicyclic) bond motifs is 1. The highest BCUT2D eigenvalue weighted by molar-refractivity contribution is 6.02. The van der Waals surface area contributed by atoms with Gasteiger partial charge in [-0.25, -0.2) is 0 Å². The number of ether oxygens (including phenoxy) is 1. The maximum atomic E-state index is 5.18. The van der Waals surface area contributed by atoms with Crippen molar-refractivity contribution in [3.63, 3.8) is 0 Å². The van der Waals surface area contributed by atoms with Crippen LogP contribution in [0.3, 0.4) is 0 Å². The predicted molar refractivity (Wildman–Crippen MR) is 85.1 cm³/mol. The van der Waals surface area contributed by atoms with Crippen LogP contribution in [0.4, 0.5) is 0 Å². The molecule has 1 heterocycles. The molecule has 1 aromatic carbocycles. The van der Waals surface area contributed by atoms with Crippen molar-refractivity contribution in [1.82, 2.24) is 10.2 Å². The zero-order valence-electron chi connectivity index (χ0n) is 13.0. The molecule has 0 amide bonds. The average molecular weight is 297 g/mol. The Morgan fingerprint density at radius 3 is 2.55 bits per heavy atom. The molecule has 0 aliphatic heterocycles. The first-order valence-corrected chi connectivity index (χ1v) is 7.32. The molecule has 114 valence electrons. The molecular formula is C17H19N3O2. The summed E-state index contributed by atoms with van der Waals surface area (Å²) in [6, 6.07) is 9.85. The number of rotatable bonds is 3. The van der Waals surface area contributed by atoms with Crippen LogP contribution in [0.15, 0.2) is 35.5 Å². The average Bonchev–Trinajstić information content (AvgIpc) is 2.55. The minimum absolute atomic E-state index is 0.502. The number of hydrogen-bond donors (Lipinski definition) is 0. The molecule has 0 spiro atoms. The SMILES string of the molecule is CO/N=C1/C[C@H](C)Cc2nnc(-c3ccc(OC)cc3)cc21. The van der Waals surface area contributed by atoms with Crippen LogP contribution >= 0.6 is 0 Å². The van der Waals surface area contributed by atoms with Crippen LogP contribution in [-0.2, 0) is 11.3 Å². The minimum Gasteiger partial charge on any atom is -0.497 e. The second kappa shape index (κ2) is 6.13. The summed E-state index contributed by atoms with van der Waals surface area (Å²) in [7, 11) is 3.23. The third-order valence-corrected chi connectivity index (χ3v) is 3.85. The Balaban J connectivity index is 2.01. The van der Waals surface area contributed by atoms with Gasteiger partial charge in [0.25, 0.3) is 0 Å². The molecule has 5 nitrogen and oxygen atoms in total. The second-order valence-corrected chi connectivity index (χ2v) is 5.55. The molecule has 22 heavy (non-hydrogen) atoms. The number of aromatic nitrogens is 2. The Morgan fingerprint density at radius 2 is 1.86 bits per heavy atom. The van der Waals surface area contributed by atoms with E-state index in [1.165, 1.54) is 0 Å². The first-order chi connectivity index (χ1) is 10.7. The molecule has 1 aliphatic rings. The van der Waals surface area contributed by atoms with Crippen LogP contribution < -0.4 is 4.74 Å². The van der Waals surface area contributed by atoms with Gasteiger partial charge >= 0.3 is 0 Å². The minimum atomic E-state index is 0.502. The van der Waals surface area contributed by atoms with Gasteiger partial charge < -0.3 is 9.57 Å². The molecule has 0 saturated carbocycles. The van der Waals surface area contributed by atoms with Crippen molar-refractivity contribution >= 4 is 5.71 Å². The lowest BCUT2D eigenvalue weighted by atomic mass is 9.86. The summed E-state index contributed by atoms with van der Waals surface area (Å²) >= 11 is 0. The van der Waals surface area contributed by atoms with E-state index in [0.717, 1.165) is 46.8 Å². The molecule has 3 rings (SSSR count). The van der Waals surface area contributed by atoms with Gasteiger partial charge in [-0.2, -0.15) is 10.2 Å². The standard InChI is InChI=1S/C17H19N3O2/c1-11-8-16-14(17(9-11)20-22-3)10-15(18-19-16)12-4-6-13(21-2)7-5-12/h4-7,10-11H,8-9H2,1-3H3/b20-17-/t11-/m1/s1. The molecule has 0 bridgehead atoms. The van der Waals surface area contributed by atoms with Crippen molar-refractivity contribution in [2.24, 2.45) is 11.1 Å². The van der Waals surface area contributed by atoms with Crippen LogP contribution in [0.1, 0.15) is 24.6 Å². The lowest BCUT2D eigenvalue weighted by Gasteiger charge is -2.21. The molecule has 1 aromatic heterocycles. The van der Waals surface area contributed by atoms with Gasteiger partial charge in [0, 0.05) is 11.1 Å². The second-order valence-electron chi connectivity index (χ2n) is 5.55. The molecule has 0 unspecified atom stereocenters. The fourth-order valence-electron chi connectivity index (χ4n) is 2.76. The van der Waals surface area contributed by atoms with Crippen molar-refractivity contribution in [3.05, 3.63) is 41.6 Å². The number of nitrogens with zero attached hydrogens (tertiary/aromatic N) is 3. The zero-order valence-corrected chi connectivity index (χ0v) is 13.0. The summed E-state index contributed by atoms with van der Waals surface area (Å²) in [6.45, 7) is 2.19. The molecule has 0 fully saturated rings. The Hall–Kier alpha value is -2.43. The Morgan fingerprint density at radius 1 is 1.09 bits per heavy atom. The summed E-state index contributed by atoms with van der Waals surface area (Å²) in [5.74, 6) is 1.33. The van der Waals surface area contributed by atoms with Crippen LogP contribution in [0.2, 0.25) is 0 Å². The van der Waals surface area contributed by atoms with Crippen LogP contribution in [0, 0.1) is 5.92 Å². The molecule has 1 aliphatic carbocycles. The van der Waals surface area contributed by atoms with E-state index in [4.69, 9.17) is 9.57 Å². The highest BCUT2D eigenvalue weighted by atomic mass is 16.6. The summed E-state index contributed by atoms with van der Waals surface area (Å²) in [5.41, 5.74) is 4.82. The van der Waals surface area contributed by atoms with Crippen molar-refractivity contribution < 1.29 is 9.57 Å². The number of hydrogen-bond acceptors (Lipinski definition) is 5. The van der Waals surface area contributed by atoms with E-state index in [9.17, 15) is 0 Å². The van der Waals surface area contributed by atoms with Gasteiger partial charge in [-0.15, -0.1) is 0 Å². The van der Waals surface area contributed by atoms with Gasteiger partial charge in [0.05, 0.1) is 24.2 Å². The number of benzene rings is 1. The normalized spacial score (nSPS) is 18.9. The van der Waals surface area contributed by atoms with Gasteiger partial charge in [0.1, 0.15) is 12.9 Å². The van der Waals surface area contributed by atoms with Gasteiger partial charge in [-0.05, 0) is 49.1 Å². The third-order valence-electron chi connectivity index (χ3n) is 3.85. The topological polar surface area (TPSA) is 56.6 Å². The van der Waals surface area contributed by atoms with Gasteiger partial charge in [-0.3, -0.25) is 0 Å².